The third-order valence-corrected chi connectivity index (χ3v) is 3.25. The molecule has 0 aliphatic heterocycles. The molecule has 2 nitrogen and oxygen atoms in total. The van der Waals surface area contributed by atoms with Crippen molar-refractivity contribution in [2.75, 3.05) is 39.3 Å². The maximum atomic E-state index is 2.30. The predicted molar refractivity (Wildman–Crippen MR) is 72.3 cm³/mol. The first-order chi connectivity index (χ1) is 7.78. The van der Waals surface area contributed by atoms with Crippen LogP contribution in [-0.4, -0.2) is 39.3 Å². The quantitative estimate of drug-likeness (QED) is 0.508. The molecule has 0 aromatic heterocycles. The summed E-state index contributed by atoms with van der Waals surface area (Å²) in [5.41, 5.74) is 0. The van der Waals surface area contributed by atoms with E-state index in [2.05, 4.69) is 27.7 Å². The van der Waals surface area contributed by atoms with E-state index in [-0.39, 0.29) is 0 Å². The van der Waals surface area contributed by atoms with Gasteiger partial charge in [0, 0.05) is 0 Å². The lowest BCUT2D eigenvalue weighted by molar-refractivity contribution is -0.957. The first-order valence-corrected chi connectivity index (χ1v) is 7.45. The fourth-order valence-electron chi connectivity index (χ4n) is 2.52. The Kier molecular flexibility index (Phi) is 11.3. The van der Waals surface area contributed by atoms with Gasteiger partial charge in [0.15, 0.2) is 0 Å². The van der Waals surface area contributed by atoms with Crippen molar-refractivity contribution in [1.82, 2.24) is 0 Å². The van der Waals surface area contributed by atoms with E-state index in [1.807, 2.05) is 9.80 Å². The molecule has 0 spiro atoms. The molecule has 0 atom stereocenters. The van der Waals surface area contributed by atoms with Crippen LogP contribution in [0.25, 0.3) is 0 Å². The van der Waals surface area contributed by atoms with E-state index < -0.39 is 0 Å². The van der Waals surface area contributed by atoms with Crippen LogP contribution in [0.15, 0.2) is 0 Å². The highest BCUT2D eigenvalue weighted by molar-refractivity contribution is 4.33. The Labute approximate surface area is 103 Å². The van der Waals surface area contributed by atoms with Gasteiger partial charge in [-0.3, -0.25) is 0 Å². The molecule has 0 unspecified atom stereocenters. The summed E-state index contributed by atoms with van der Waals surface area (Å²) < 4.78 is 0. The van der Waals surface area contributed by atoms with Gasteiger partial charge in [-0.15, -0.1) is 0 Å². The van der Waals surface area contributed by atoms with Crippen molar-refractivity contribution in [2.24, 2.45) is 0 Å². The molecule has 0 aliphatic rings. The van der Waals surface area contributed by atoms with E-state index in [1.54, 1.807) is 0 Å². The lowest BCUT2D eigenvalue weighted by Crippen LogP contribution is -3.20. The SMILES string of the molecule is CCC[NH+](CCC)CC[NH+](CCC)CCC. The molecule has 0 saturated heterocycles. The number of hydrogen-bond acceptors (Lipinski definition) is 0. The maximum absolute atomic E-state index is 2.30. The van der Waals surface area contributed by atoms with Gasteiger partial charge in [-0.1, -0.05) is 27.7 Å². The van der Waals surface area contributed by atoms with Crippen LogP contribution in [0, 0.1) is 0 Å². The van der Waals surface area contributed by atoms with Crippen LogP contribution in [0.4, 0.5) is 0 Å². The Morgan fingerprint density at radius 2 is 0.688 bits per heavy atom. The first-order valence-electron chi connectivity index (χ1n) is 7.45. The Bertz CT molecular complexity index is 109. The second-order valence-corrected chi connectivity index (χ2v) is 5.00. The van der Waals surface area contributed by atoms with Crippen molar-refractivity contribution in [3.8, 4) is 0 Å². The average molecular weight is 230 g/mol. The third kappa shape index (κ3) is 8.12. The maximum Gasteiger partial charge on any atom is 0.127 e. The summed E-state index contributed by atoms with van der Waals surface area (Å²) in [6.07, 6.45) is 5.30. The van der Waals surface area contributed by atoms with Gasteiger partial charge in [-0.2, -0.15) is 0 Å². The molecule has 0 bridgehead atoms. The minimum absolute atomic E-state index is 1.33. The molecule has 0 aliphatic carbocycles. The number of rotatable bonds is 11. The predicted octanol–water partition coefficient (Wildman–Crippen LogP) is 0.396. The molecule has 0 rings (SSSR count). The molecule has 0 fully saturated rings. The van der Waals surface area contributed by atoms with E-state index in [1.165, 1.54) is 65.0 Å². The molecular formula is C14H34N2+2. The van der Waals surface area contributed by atoms with Gasteiger partial charge in [0.25, 0.3) is 0 Å². The topological polar surface area (TPSA) is 8.88 Å². The summed E-state index contributed by atoms with van der Waals surface area (Å²) in [4.78, 5) is 3.63. The van der Waals surface area contributed by atoms with E-state index in [0.29, 0.717) is 0 Å². The largest absolute Gasteiger partial charge is 0.330 e. The van der Waals surface area contributed by atoms with Crippen LogP contribution in [0.5, 0.6) is 0 Å². The monoisotopic (exact) mass is 230 g/mol. The van der Waals surface area contributed by atoms with Gasteiger partial charge in [0.2, 0.25) is 0 Å². The minimum Gasteiger partial charge on any atom is -0.330 e. The van der Waals surface area contributed by atoms with Crippen molar-refractivity contribution in [3.63, 3.8) is 0 Å². The lowest BCUT2D eigenvalue weighted by Gasteiger charge is -2.22. The van der Waals surface area contributed by atoms with Crippen LogP contribution >= 0.6 is 0 Å². The summed E-state index contributed by atoms with van der Waals surface area (Å²) in [6.45, 7) is 17.4. The highest BCUT2D eigenvalue weighted by Gasteiger charge is 2.11. The smallest absolute Gasteiger partial charge is 0.127 e. The number of nitrogens with one attached hydrogen (secondary N) is 2. The Morgan fingerprint density at radius 3 is 0.875 bits per heavy atom. The van der Waals surface area contributed by atoms with E-state index in [4.69, 9.17) is 0 Å². The van der Waals surface area contributed by atoms with Gasteiger partial charge < -0.3 is 9.80 Å². The molecule has 98 valence electrons. The second kappa shape index (κ2) is 11.4. The van der Waals surface area contributed by atoms with Gasteiger partial charge in [0.1, 0.15) is 13.1 Å². The Morgan fingerprint density at radius 1 is 0.438 bits per heavy atom. The summed E-state index contributed by atoms with van der Waals surface area (Å²) in [6, 6.07) is 0. The zero-order chi connectivity index (χ0) is 12.2. The summed E-state index contributed by atoms with van der Waals surface area (Å²) >= 11 is 0. The van der Waals surface area contributed by atoms with Crippen LogP contribution in [0.2, 0.25) is 0 Å². The fourth-order valence-corrected chi connectivity index (χ4v) is 2.52. The Hall–Kier alpha value is -0.0800. The molecule has 16 heavy (non-hydrogen) atoms. The summed E-state index contributed by atoms with van der Waals surface area (Å²) in [7, 11) is 0. The Balaban J connectivity index is 3.83. The molecular weight excluding hydrogens is 196 g/mol. The molecule has 0 saturated carbocycles. The second-order valence-electron chi connectivity index (χ2n) is 5.00. The first kappa shape index (κ1) is 15.9. The minimum atomic E-state index is 1.33. The van der Waals surface area contributed by atoms with Crippen molar-refractivity contribution < 1.29 is 9.80 Å². The molecule has 0 heterocycles. The molecule has 0 aromatic carbocycles. The van der Waals surface area contributed by atoms with Crippen LogP contribution in [0.1, 0.15) is 53.4 Å². The van der Waals surface area contributed by atoms with Crippen LogP contribution in [0.3, 0.4) is 0 Å². The lowest BCUT2D eigenvalue weighted by atomic mass is 10.3. The number of hydrogen-bond donors (Lipinski definition) is 2. The standard InChI is InChI=1S/C14H32N2/c1-5-9-15(10-6-2)13-14-16(11-7-3)12-8-4/h5-14H2,1-4H3/p+2. The molecule has 2 heteroatoms. The molecule has 0 amide bonds. The van der Waals surface area contributed by atoms with Crippen LogP contribution < -0.4 is 9.80 Å². The van der Waals surface area contributed by atoms with Gasteiger partial charge in [-0.25, -0.2) is 0 Å². The molecule has 0 aromatic rings. The average Bonchev–Trinajstić information content (AvgIpc) is 2.27. The zero-order valence-corrected chi connectivity index (χ0v) is 12.1. The number of quaternary nitrogens is 2. The van der Waals surface area contributed by atoms with Crippen molar-refractivity contribution in [3.05, 3.63) is 0 Å². The van der Waals surface area contributed by atoms with Crippen molar-refractivity contribution in [2.45, 2.75) is 53.4 Å². The molecule has 2 N–H and O–H groups in total. The fraction of sp³-hybridized carbons (Fsp3) is 1.00. The van der Waals surface area contributed by atoms with E-state index in [9.17, 15) is 0 Å². The van der Waals surface area contributed by atoms with Gasteiger partial charge in [0.05, 0.1) is 26.2 Å². The zero-order valence-electron chi connectivity index (χ0n) is 12.1. The van der Waals surface area contributed by atoms with Gasteiger partial charge >= 0.3 is 0 Å². The van der Waals surface area contributed by atoms with Crippen molar-refractivity contribution >= 4 is 0 Å². The van der Waals surface area contributed by atoms with Gasteiger partial charge in [-0.05, 0) is 25.7 Å². The highest BCUT2D eigenvalue weighted by Crippen LogP contribution is 1.71. The van der Waals surface area contributed by atoms with E-state index in [0.717, 1.165) is 0 Å². The van der Waals surface area contributed by atoms with E-state index >= 15 is 0 Å². The normalized spacial score (nSPS) is 11.6. The van der Waals surface area contributed by atoms with Crippen LogP contribution in [-0.2, 0) is 0 Å². The summed E-state index contributed by atoms with van der Waals surface area (Å²) in [5, 5.41) is 0. The summed E-state index contributed by atoms with van der Waals surface area (Å²) in [5.74, 6) is 0. The third-order valence-electron chi connectivity index (χ3n) is 3.25. The highest BCUT2D eigenvalue weighted by atomic mass is 15.2. The molecule has 0 radical (unpaired) electrons. The van der Waals surface area contributed by atoms with Crippen molar-refractivity contribution in [1.29, 1.82) is 0 Å².